The number of rotatable bonds is 4. The lowest BCUT2D eigenvalue weighted by Crippen LogP contribution is -2.43. The standard InChI is InChI=1S/C21H30BN5O3/c1-20(2)21(3,4)30-22(29-20)15-12-17(19(28)26(5)14-15)25-18-7-6-16(13-24-18)27-10-8-23-9-11-27/h6-7,12-14,23H,8-11H2,1-5H3,(H,24,25). The Bertz CT molecular complexity index is 952. The molecule has 0 aromatic carbocycles. The van der Waals surface area contributed by atoms with Crippen LogP contribution in [0.5, 0.6) is 0 Å². The molecule has 2 aromatic heterocycles. The van der Waals surface area contributed by atoms with Crippen LogP contribution in [0.15, 0.2) is 35.4 Å². The Morgan fingerprint density at radius 2 is 1.80 bits per heavy atom. The fourth-order valence-electron chi connectivity index (χ4n) is 3.64. The van der Waals surface area contributed by atoms with Crippen molar-refractivity contribution < 1.29 is 9.31 Å². The first-order valence-corrected chi connectivity index (χ1v) is 10.4. The third-order valence-corrected chi connectivity index (χ3v) is 6.22. The molecule has 0 amide bonds. The third-order valence-electron chi connectivity index (χ3n) is 6.22. The molecule has 2 saturated heterocycles. The third kappa shape index (κ3) is 3.97. The molecule has 160 valence electrons. The number of anilines is 3. The van der Waals surface area contributed by atoms with Crippen LogP contribution >= 0.6 is 0 Å². The van der Waals surface area contributed by atoms with E-state index >= 15 is 0 Å². The summed E-state index contributed by atoms with van der Waals surface area (Å²) in [5.74, 6) is 0.622. The molecular formula is C21H30BN5O3. The van der Waals surface area contributed by atoms with E-state index in [-0.39, 0.29) is 5.56 Å². The van der Waals surface area contributed by atoms with Gasteiger partial charge in [0.05, 0.1) is 23.1 Å². The Balaban J connectivity index is 1.55. The van der Waals surface area contributed by atoms with Crippen LogP contribution in [0.3, 0.4) is 0 Å². The Morgan fingerprint density at radius 1 is 1.13 bits per heavy atom. The van der Waals surface area contributed by atoms with E-state index in [9.17, 15) is 4.79 Å². The minimum Gasteiger partial charge on any atom is -0.399 e. The number of nitrogens with one attached hydrogen (secondary N) is 2. The molecule has 2 aliphatic heterocycles. The highest BCUT2D eigenvalue weighted by Gasteiger charge is 2.51. The van der Waals surface area contributed by atoms with E-state index in [0.717, 1.165) is 37.3 Å². The molecule has 0 bridgehead atoms. The Morgan fingerprint density at radius 3 is 2.40 bits per heavy atom. The van der Waals surface area contributed by atoms with E-state index in [1.807, 2.05) is 46.0 Å². The van der Waals surface area contributed by atoms with Crippen LogP contribution in [0.1, 0.15) is 27.7 Å². The number of piperazine rings is 1. The molecule has 0 atom stereocenters. The molecular weight excluding hydrogens is 381 g/mol. The zero-order chi connectivity index (χ0) is 21.5. The molecule has 30 heavy (non-hydrogen) atoms. The van der Waals surface area contributed by atoms with Crippen molar-refractivity contribution >= 4 is 29.8 Å². The predicted octanol–water partition coefficient (Wildman–Crippen LogP) is 1.23. The van der Waals surface area contributed by atoms with Crippen molar-refractivity contribution in [1.29, 1.82) is 0 Å². The molecule has 0 aliphatic carbocycles. The second-order valence-electron chi connectivity index (χ2n) is 8.96. The molecule has 4 rings (SSSR count). The van der Waals surface area contributed by atoms with Gasteiger partial charge in [-0.05, 0) is 45.9 Å². The average molecular weight is 411 g/mol. The molecule has 0 saturated carbocycles. The normalized spacial score (nSPS) is 20.4. The number of aromatic nitrogens is 2. The molecule has 2 aromatic rings. The average Bonchev–Trinajstić information content (AvgIpc) is 2.94. The monoisotopic (exact) mass is 411 g/mol. The Kier molecular flexibility index (Phi) is 5.38. The second-order valence-corrected chi connectivity index (χ2v) is 8.96. The van der Waals surface area contributed by atoms with Crippen LogP contribution in [0.2, 0.25) is 0 Å². The molecule has 2 aliphatic rings. The lowest BCUT2D eigenvalue weighted by molar-refractivity contribution is 0.00578. The number of aryl methyl sites for hydroxylation is 1. The SMILES string of the molecule is Cn1cc(B2OC(C)(C)C(C)(C)O2)cc(Nc2ccc(N3CCNCC3)cn2)c1=O. The van der Waals surface area contributed by atoms with Crippen molar-refractivity contribution in [2.75, 3.05) is 36.4 Å². The molecule has 4 heterocycles. The quantitative estimate of drug-likeness (QED) is 0.733. The molecule has 2 fully saturated rings. The van der Waals surface area contributed by atoms with E-state index in [4.69, 9.17) is 9.31 Å². The minimum absolute atomic E-state index is 0.136. The van der Waals surface area contributed by atoms with Gasteiger partial charge >= 0.3 is 7.12 Å². The summed E-state index contributed by atoms with van der Waals surface area (Å²) >= 11 is 0. The first-order chi connectivity index (χ1) is 14.2. The summed E-state index contributed by atoms with van der Waals surface area (Å²) in [5.41, 5.74) is 1.29. The predicted molar refractivity (Wildman–Crippen MR) is 120 cm³/mol. The first kappa shape index (κ1) is 20.9. The van der Waals surface area contributed by atoms with Crippen molar-refractivity contribution in [2.24, 2.45) is 7.05 Å². The summed E-state index contributed by atoms with van der Waals surface area (Å²) in [5, 5.41) is 6.51. The van der Waals surface area contributed by atoms with Gasteiger partial charge in [-0.3, -0.25) is 4.79 Å². The molecule has 0 unspecified atom stereocenters. The second kappa shape index (κ2) is 7.72. The van der Waals surface area contributed by atoms with E-state index in [1.54, 1.807) is 19.3 Å². The fraction of sp³-hybridized carbons (Fsp3) is 0.524. The van der Waals surface area contributed by atoms with Crippen molar-refractivity contribution in [3.63, 3.8) is 0 Å². The Labute approximate surface area is 177 Å². The van der Waals surface area contributed by atoms with Crippen LogP contribution in [-0.2, 0) is 16.4 Å². The maximum absolute atomic E-state index is 12.7. The van der Waals surface area contributed by atoms with Crippen LogP contribution in [0, 0.1) is 0 Å². The summed E-state index contributed by atoms with van der Waals surface area (Å²) in [6, 6.07) is 5.72. The van der Waals surface area contributed by atoms with Crippen molar-refractivity contribution in [3.8, 4) is 0 Å². The van der Waals surface area contributed by atoms with Gasteiger partial charge in [-0.25, -0.2) is 4.98 Å². The van der Waals surface area contributed by atoms with E-state index in [1.165, 1.54) is 4.57 Å². The van der Waals surface area contributed by atoms with Crippen LogP contribution < -0.4 is 26.6 Å². The summed E-state index contributed by atoms with van der Waals surface area (Å²) < 4.78 is 13.8. The highest BCUT2D eigenvalue weighted by Crippen LogP contribution is 2.36. The van der Waals surface area contributed by atoms with E-state index in [2.05, 4.69) is 20.5 Å². The topological polar surface area (TPSA) is 80.7 Å². The van der Waals surface area contributed by atoms with Crippen LogP contribution in [0.25, 0.3) is 0 Å². The zero-order valence-electron chi connectivity index (χ0n) is 18.4. The van der Waals surface area contributed by atoms with Gasteiger partial charge in [0.25, 0.3) is 5.56 Å². The Hall–Kier alpha value is -2.36. The lowest BCUT2D eigenvalue weighted by Gasteiger charge is -2.32. The lowest BCUT2D eigenvalue weighted by atomic mass is 9.80. The summed E-state index contributed by atoms with van der Waals surface area (Å²) in [4.78, 5) is 19.5. The first-order valence-electron chi connectivity index (χ1n) is 10.4. The maximum Gasteiger partial charge on any atom is 0.496 e. The van der Waals surface area contributed by atoms with Crippen molar-refractivity contribution in [3.05, 3.63) is 40.9 Å². The van der Waals surface area contributed by atoms with Crippen molar-refractivity contribution in [2.45, 2.75) is 38.9 Å². The van der Waals surface area contributed by atoms with Crippen molar-refractivity contribution in [1.82, 2.24) is 14.9 Å². The summed E-state index contributed by atoms with van der Waals surface area (Å²) in [6.07, 6.45) is 3.60. The van der Waals surface area contributed by atoms with E-state index in [0.29, 0.717) is 11.5 Å². The molecule has 0 spiro atoms. The highest BCUT2D eigenvalue weighted by molar-refractivity contribution is 6.62. The van der Waals surface area contributed by atoms with Crippen LogP contribution in [-0.4, -0.2) is 54.1 Å². The van der Waals surface area contributed by atoms with Gasteiger partial charge in [-0.1, -0.05) is 0 Å². The maximum atomic E-state index is 12.7. The van der Waals surface area contributed by atoms with E-state index < -0.39 is 18.3 Å². The zero-order valence-corrected chi connectivity index (χ0v) is 18.4. The van der Waals surface area contributed by atoms with Gasteiger partial charge in [0.2, 0.25) is 0 Å². The fourth-order valence-corrected chi connectivity index (χ4v) is 3.64. The van der Waals surface area contributed by atoms with Gasteiger partial charge in [-0.15, -0.1) is 0 Å². The molecule has 0 radical (unpaired) electrons. The largest absolute Gasteiger partial charge is 0.496 e. The van der Waals surface area contributed by atoms with Crippen LogP contribution in [0.4, 0.5) is 17.2 Å². The molecule has 9 heteroatoms. The highest BCUT2D eigenvalue weighted by atomic mass is 16.7. The number of pyridine rings is 2. The summed E-state index contributed by atoms with van der Waals surface area (Å²) in [7, 11) is 1.19. The number of hydrogen-bond donors (Lipinski definition) is 2. The smallest absolute Gasteiger partial charge is 0.399 e. The van der Waals surface area contributed by atoms with Gasteiger partial charge in [0.15, 0.2) is 0 Å². The van der Waals surface area contributed by atoms with Gasteiger partial charge < -0.3 is 29.4 Å². The van der Waals surface area contributed by atoms with Gasteiger partial charge in [0.1, 0.15) is 11.5 Å². The molecule has 2 N–H and O–H groups in total. The molecule has 8 nitrogen and oxygen atoms in total. The van der Waals surface area contributed by atoms with Gasteiger partial charge in [-0.2, -0.15) is 0 Å². The summed E-state index contributed by atoms with van der Waals surface area (Å²) in [6.45, 7) is 11.9. The van der Waals surface area contributed by atoms with Gasteiger partial charge in [0, 0.05) is 44.9 Å². The number of nitrogens with zero attached hydrogens (tertiary/aromatic N) is 3. The number of hydrogen-bond acceptors (Lipinski definition) is 7. The minimum atomic E-state index is -0.537.